The largest absolute Gasteiger partial charge is 0.374 e. The Bertz CT molecular complexity index is 814. The van der Waals surface area contributed by atoms with E-state index in [9.17, 15) is 4.79 Å². The van der Waals surface area contributed by atoms with Crippen LogP contribution in [-0.4, -0.2) is 19.0 Å². The molecule has 0 spiro atoms. The van der Waals surface area contributed by atoms with Crippen molar-refractivity contribution in [2.75, 3.05) is 17.3 Å². The van der Waals surface area contributed by atoms with Crippen molar-refractivity contribution >= 4 is 17.3 Å². The quantitative estimate of drug-likeness (QED) is 0.727. The third-order valence-electron chi connectivity index (χ3n) is 4.22. The fourth-order valence-electron chi connectivity index (χ4n) is 2.77. The smallest absolute Gasteiger partial charge is 0.248 e. The zero-order valence-electron chi connectivity index (χ0n) is 14.5. The Morgan fingerprint density at radius 2 is 1.32 bits per heavy atom. The molecule has 25 heavy (non-hydrogen) atoms. The van der Waals surface area contributed by atoms with Crippen LogP contribution in [0.25, 0.3) is 11.1 Å². The minimum Gasteiger partial charge on any atom is -0.374 e. The number of rotatable bonds is 5. The van der Waals surface area contributed by atoms with Crippen molar-refractivity contribution < 1.29 is 4.79 Å². The molecule has 0 aliphatic rings. The summed E-state index contributed by atoms with van der Waals surface area (Å²) in [6.45, 7) is 1.88. The van der Waals surface area contributed by atoms with E-state index < -0.39 is 0 Å². The van der Waals surface area contributed by atoms with Gasteiger partial charge in [-0.15, -0.1) is 0 Å². The van der Waals surface area contributed by atoms with Crippen LogP contribution < -0.4 is 10.2 Å². The van der Waals surface area contributed by atoms with E-state index in [2.05, 4.69) is 29.6 Å². The van der Waals surface area contributed by atoms with Gasteiger partial charge in [-0.3, -0.25) is 4.79 Å². The number of nitrogens with zero attached hydrogens (tertiary/aromatic N) is 1. The summed E-state index contributed by atoms with van der Waals surface area (Å²) < 4.78 is 0. The average Bonchev–Trinajstić information content (AvgIpc) is 2.68. The molecule has 0 radical (unpaired) electrons. The second-order valence-electron chi connectivity index (χ2n) is 6.04. The van der Waals surface area contributed by atoms with Crippen LogP contribution in [0.5, 0.6) is 0 Å². The minimum absolute atomic E-state index is 0.0262. The number of carbonyl (C=O) groups excluding carboxylic acids is 1. The Kier molecular flexibility index (Phi) is 5.14. The molecule has 3 aromatic rings. The molecule has 1 atom stereocenters. The van der Waals surface area contributed by atoms with Gasteiger partial charge in [-0.05, 0) is 42.3 Å². The van der Waals surface area contributed by atoms with E-state index in [1.54, 1.807) is 11.9 Å². The summed E-state index contributed by atoms with van der Waals surface area (Å²) in [6.07, 6.45) is 0. The average molecular weight is 330 g/mol. The number of para-hydroxylation sites is 1. The molecule has 0 heterocycles. The monoisotopic (exact) mass is 330 g/mol. The molecular weight excluding hydrogens is 308 g/mol. The Balaban J connectivity index is 1.66. The normalized spacial score (nSPS) is 11.6. The molecule has 0 bridgehead atoms. The molecule has 0 saturated carbocycles. The van der Waals surface area contributed by atoms with Gasteiger partial charge in [-0.1, -0.05) is 60.7 Å². The fraction of sp³-hybridized carbons (Fsp3) is 0.136. The number of benzene rings is 3. The number of hydrogen-bond donors (Lipinski definition) is 1. The number of amides is 1. The van der Waals surface area contributed by atoms with E-state index in [0.717, 1.165) is 16.9 Å². The third-order valence-corrected chi connectivity index (χ3v) is 4.22. The van der Waals surface area contributed by atoms with E-state index in [1.165, 1.54) is 5.56 Å². The minimum atomic E-state index is -0.312. The maximum absolute atomic E-state index is 12.6. The van der Waals surface area contributed by atoms with Crippen molar-refractivity contribution in [3.8, 4) is 11.1 Å². The first-order valence-electron chi connectivity index (χ1n) is 8.40. The maximum Gasteiger partial charge on any atom is 0.248 e. The highest BCUT2D eigenvalue weighted by Crippen LogP contribution is 2.21. The van der Waals surface area contributed by atoms with Gasteiger partial charge in [0.15, 0.2) is 0 Å². The molecule has 3 rings (SSSR count). The van der Waals surface area contributed by atoms with Gasteiger partial charge in [-0.25, -0.2) is 0 Å². The first-order valence-corrected chi connectivity index (χ1v) is 8.40. The highest BCUT2D eigenvalue weighted by Gasteiger charge is 2.18. The Labute approximate surface area is 148 Å². The van der Waals surface area contributed by atoms with Gasteiger partial charge in [0.05, 0.1) is 0 Å². The molecule has 0 aliphatic carbocycles. The number of likely N-dealkylation sites (N-methyl/N-ethyl adjacent to an activating group) is 1. The lowest BCUT2D eigenvalue weighted by Gasteiger charge is -2.23. The van der Waals surface area contributed by atoms with E-state index >= 15 is 0 Å². The van der Waals surface area contributed by atoms with Crippen molar-refractivity contribution in [2.45, 2.75) is 13.0 Å². The van der Waals surface area contributed by atoms with E-state index in [-0.39, 0.29) is 11.9 Å². The van der Waals surface area contributed by atoms with Crippen LogP contribution in [0.15, 0.2) is 84.9 Å². The predicted octanol–water partition coefficient (Wildman–Crippen LogP) is 4.82. The van der Waals surface area contributed by atoms with Gasteiger partial charge in [0.2, 0.25) is 5.91 Å². The van der Waals surface area contributed by atoms with Crippen LogP contribution in [0.2, 0.25) is 0 Å². The van der Waals surface area contributed by atoms with Crippen molar-refractivity contribution in [2.24, 2.45) is 0 Å². The van der Waals surface area contributed by atoms with Gasteiger partial charge >= 0.3 is 0 Å². The van der Waals surface area contributed by atoms with E-state index in [4.69, 9.17) is 0 Å². The summed E-state index contributed by atoms with van der Waals surface area (Å²) in [4.78, 5) is 14.3. The Morgan fingerprint density at radius 1 is 0.800 bits per heavy atom. The van der Waals surface area contributed by atoms with Gasteiger partial charge < -0.3 is 10.2 Å². The lowest BCUT2D eigenvalue weighted by molar-refractivity contribution is -0.118. The van der Waals surface area contributed by atoms with Gasteiger partial charge in [0, 0.05) is 18.4 Å². The zero-order chi connectivity index (χ0) is 17.6. The molecular formula is C22H22N2O. The highest BCUT2D eigenvalue weighted by atomic mass is 16.2. The Hall–Kier alpha value is -3.07. The second-order valence-corrected chi connectivity index (χ2v) is 6.04. The van der Waals surface area contributed by atoms with Crippen molar-refractivity contribution in [3.63, 3.8) is 0 Å². The van der Waals surface area contributed by atoms with Crippen molar-refractivity contribution in [1.29, 1.82) is 0 Å². The lowest BCUT2D eigenvalue weighted by atomic mass is 10.1. The fourth-order valence-corrected chi connectivity index (χ4v) is 2.77. The molecule has 0 fully saturated rings. The maximum atomic E-state index is 12.6. The molecule has 3 aromatic carbocycles. The summed E-state index contributed by atoms with van der Waals surface area (Å²) in [7, 11) is 1.80. The first-order chi connectivity index (χ1) is 12.1. The summed E-state index contributed by atoms with van der Waals surface area (Å²) in [6, 6.07) is 27.7. The van der Waals surface area contributed by atoms with Crippen LogP contribution in [-0.2, 0) is 4.79 Å². The van der Waals surface area contributed by atoms with Crippen LogP contribution in [0.1, 0.15) is 6.92 Å². The number of hydrogen-bond acceptors (Lipinski definition) is 2. The van der Waals surface area contributed by atoms with Crippen molar-refractivity contribution in [3.05, 3.63) is 84.9 Å². The first kappa shape index (κ1) is 16.8. The van der Waals surface area contributed by atoms with Crippen molar-refractivity contribution in [1.82, 2.24) is 0 Å². The zero-order valence-corrected chi connectivity index (χ0v) is 14.5. The molecule has 0 aliphatic heterocycles. The van der Waals surface area contributed by atoms with Crippen LogP contribution in [0.3, 0.4) is 0 Å². The molecule has 0 aromatic heterocycles. The topological polar surface area (TPSA) is 32.3 Å². The molecule has 0 saturated heterocycles. The predicted molar refractivity (Wildman–Crippen MR) is 105 cm³/mol. The molecule has 126 valence electrons. The Morgan fingerprint density at radius 3 is 1.92 bits per heavy atom. The van der Waals surface area contributed by atoms with Crippen LogP contribution >= 0.6 is 0 Å². The van der Waals surface area contributed by atoms with Gasteiger partial charge in [0.25, 0.3) is 0 Å². The molecule has 3 nitrogen and oxygen atoms in total. The number of anilines is 2. The van der Waals surface area contributed by atoms with E-state index in [1.807, 2.05) is 67.6 Å². The second kappa shape index (κ2) is 7.67. The molecule has 3 heteroatoms. The number of nitrogens with one attached hydrogen (secondary N) is 1. The lowest BCUT2D eigenvalue weighted by Crippen LogP contribution is -2.39. The van der Waals surface area contributed by atoms with Gasteiger partial charge in [-0.2, -0.15) is 0 Å². The SMILES string of the molecule is C[C@H](Nc1ccc(-c2ccccc2)cc1)C(=O)N(C)c1ccccc1. The number of carbonyl (C=O) groups is 1. The van der Waals surface area contributed by atoms with E-state index in [0.29, 0.717) is 0 Å². The van der Waals surface area contributed by atoms with Crippen LogP contribution in [0, 0.1) is 0 Å². The summed E-state index contributed by atoms with van der Waals surface area (Å²) >= 11 is 0. The molecule has 1 amide bonds. The summed E-state index contributed by atoms with van der Waals surface area (Å²) in [5.74, 6) is 0.0262. The highest BCUT2D eigenvalue weighted by molar-refractivity contribution is 5.98. The third kappa shape index (κ3) is 4.07. The van der Waals surface area contributed by atoms with Gasteiger partial charge in [0.1, 0.15) is 6.04 Å². The molecule has 1 N–H and O–H groups in total. The van der Waals surface area contributed by atoms with Crippen LogP contribution in [0.4, 0.5) is 11.4 Å². The summed E-state index contributed by atoms with van der Waals surface area (Å²) in [5, 5.41) is 3.28. The molecule has 0 unspecified atom stereocenters. The summed E-state index contributed by atoms with van der Waals surface area (Å²) in [5.41, 5.74) is 4.16. The standard InChI is InChI=1S/C22H22N2O/c1-17(22(25)24(2)21-11-7-4-8-12-21)23-20-15-13-19(14-16-20)18-9-5-3-6-10-18/h3-17,23H,1-2H3/t17-/m0/s1.